The van der Waals surface area contributed by atoms with Crippen LogP contribution in [0.1, 0.15) is 47.2 Å². The molecule has 2 aromatic carbocycles. The summed E-state index contributed by atoms with van der Waals surface area (Å²) in [5, 5.41) is 0. The molecular formula is C29H32O4. The van der Waals surface area contributed by atoms with Gasteiger partial charge in [-0.3, -0.25) is 0 Å². The molecule has 0 N–H and O–H groups in total. The molecule has 0 fully saturated rings. The van der Waals surface area contributed by atoms with Gasteiger partial charge in [-0.1, -0.05) is 38.1 Å². The van der Waals surface area contributed by atoms with Gasteiger partial charge in [0.1, 0.15) is 11.5 Å². The molecule has 2 atom stereocenters. The zero-order valence-electron chi connectivity index (χ0n) is 20.8. The Morgan fingerprint density at radius 1 is 0.667 bits per heavy atom. The zero-order chi connectivity index (χ0) is 24.2. The van der Waals surface area contributed by atoms with E-state index in [1.807, 2.05) is 65.8 Å². The van der Waals surface area contributed by atoms with E-state index in [0.717, 1.165) is 33.4 Å². The van der Waals surface area contributed by atoms with Gasteiger partial charge in [-0.2, -0.15) is 0 Å². The summed E-state index contributed by atoms with van der Waals surface area (Å²) in [4.78, 5) is 27.0. The van der Waals surface area contributed by atoms with Gasteiger partial charge in [0.25, 0.3) is 0 Å². The molecule has 172 valence electrons. The van der Waals surface area contributed by atoms with Gasteiger partial charge in [-0.15, -0.1) is 0 Å². The van der Waals surface area contributed by atoms with Gasteiger partial charge in [-0.05, 0) is 92.5 Å². The van der Waals surface area contributed by atoms with Crippen LogP contribution in [0.15, 0.2) is 47.6 Å². The van der Waals surface area contributed by atoms with Crippen molar-refractivity contribution in [2.24, 2.45) is 17.3 Å². The van der Waals surface area contributed by atoms with E-state index >= 15 is 0 Å². The number of allylic oxidation sites excluding steroid dienone is 2. The summed E-state index contributed by atoms with van der Waals surface area (Å²) in [5.74, 6) is -0.262. The van der Waals surface area contributed by atoms with Crippen LogP contribution in [0.3, 0.4) is 0 Å². The van der Waals surface area contributed by atoms with Gasteiger partial charge >= 0.3 is 11.9 Å². The SMILES string of the molecule is Cc1cc(C)c(C)c(OC(=O)C2=C(C(=O)Oc3cc(C)cc(C)c3C)C3C=CC2C3(C)C)c1. The van der Waals surface area contributed by atoms with E-state index in [9.17, 15) is 9.59 Å². The second-order valence-corrected chi connectivity index (χ2v) is 10.2. The molecule has 2 aliphatic rings. The summed E-state index contributed by atoms with van der Waals surface area (Å²) in [5.41, 5.74) is 6.54. The van der Waals surface area contributed by atoms with Crippen molar-refractivity contribution in [3.05, 3.63) is 80.9 Å². The second-order valence-electron chi connectivity index (χ2n) is 10.2. The van der Waals surface area contributed by atoms with Gasteiger partial charge in [0, 0.05) is 11.8 Å². The molecule has 4 heteroatoms. The Labute approximate surface area is 196 Å². The quantitative estimate of drug-likeness (QED) is 0.321. The number of fused-ring (bicyclic) bond motifs is 2. The van der Waals surface area contributed by atoms with E-state index in [2.05, 4.69) is 26.0 Å². The number of benzene rings is 2. The van der Waals surface area contributed by atoms with Crippen LogP contribution in [0.4, 0.5) is 0 Å². The van der Waals surface area contributed by atoms with Crippen LogP contribution in [-0.2, 0) is 9.59 Å². The molecular weight excluding hydrogens is 412 g/mol. The summed E-state index contributed by atoms with van der Waals surface area (Å²) in [6, 6.07) is 7.85. The monoisotopic (exact) mass is 444 g/mol. The number of carbonyl (C=O) groups excluding carboxylic acids is 2. The Bertz CT molecular complexity index is 1150. The van der Waals surface area contributed by atoms with Gasteiger partial charge in [-0.25, -0.2) is 9.59 Å². The molecule has 2 bridgehead atoms. The van der Waals surface area contributed by atoms with Crippen LogP contribution < -0.4 is 9.47 Å². The number of ether oxygens (including phenoxy) is 2. The highest BCUT2D eigenvalue weighted by Crippen LogP contribution is 2.57. The van der Waals surface area contributed by atoms with E-state index in [4.69, 9.17) is 9.47 Å². The van der Waals surface area contributed by atoms with E-state index < -0.39 is 11.9 Å². The van der Waals surface area contributed by atoms with E-state index in [0.29, 0.717) is 22.6 Å². The highest BCUT2D eigenvalue weighted by molar-refractivity contribution is 6.05. The molecule has 33 heavy (non-hydrogen) atoms. The Kier molecular flexibility index (Phi) is 5.60. The second kappa shape index (κ2) is 8.02. The maximum Gasteiger partial charge on any atom is 0.340 e. The minimum atomic E-state index is -0.475. The molecule has 0 aromatic heterocycles. The van der Waals surface area contributed by atoms with Gasteiger partial charge < -0.3 is 9.47 Å². The van der Waals surface area contributed by atoms with Crippen molar-refractivity contribution in [1.82, 2.24) is 0 Å². The molecule has 4 nitrogen and oxygen atoms in total. The third-order valence-corrected chi connectivity index (χ3v) is 7.38. The lowest BCUT2D eigenvalue weighted by Crippen LogP contribution is -2.24. The third kappa shape index (κ3) is 3.82. The predicted molar refractivity (Wildman–Crippen MR) is 130 cm³/mol. The average molecular weight is 445 g/mol. The minimum Gasteiger partial charge on any atom is -0.423 e. The Morgan fingerprint density at radius 2 is 1.03 bits per heavy atom. The van der Waals surface area contributed by atoms with Crippen LogP contribution in [0.2, 0.25) is 0 Å². The number of hydrogen-bond donors (Lipinski definition) is 0. The normalized spacial score (nSPS) is 20.4. The zero-order valence-corrected chi connectivity index (χ0v) is 20.8. The lowest BCUT2D eigenvalue weighted by atomic mass is 9.77. The fourth-order valence-corrected chi connectivity index (χ4v) is 5.18. The number of carbonyl (C=O) groups is 2. The van der Waals surface area contributed by atoms with Crippen LogP contribution in [0, 0.1) is 58.8 Å². The smallest absolute Gasteiger partial charge is 0.340 e. The lowest BCUT2D eigenvalue weighted by molar-refractivity contribution is -0.133. The number of rotatable bonds is 4. The summed E-state index contributed by atoms with van der Waals surface area (Å²) in [6.45, 7) is 16.0. The molecule has 4 rings (SSSR count). The van der Waals surface area contributed by atoms with Gasteiger partial charge in [0.05, 0.1) is 11.1 Å². The molecule has 0 amide bonds. The molecule has 2 unspecified atom stereocenters. The first-order valence-corrected chi connectivity index (χ1v) is 11.4. The Hall–Kier alpha value is -3.14. The minimum absolute atomic E-state index is 0.191. The highest BCUT2D eigenvalue weighted by atomic mass is 16.5. The standard InChI is InChI=1S/C29H32O4/c1-15-11-17(3)19(5)23(13-15)32-27(30)25-21-9-10-22(29(21,7)8)26(25)28(31)33-24-14-16(2)12-18(4)20(24)6/h9-14,21-22H,1-8H3. The van der Waals surface area contributed by atoms with Crippen LogP contribution >= 0.6 is 0 Å². The largest absolute Gasteiger partial charge is 0.423 e. The topological polar surface area (TPSA) is 52.6 Å². The first-order valence-electron chi connectivity index (χ1n) is 11.4. The molecule has 0 heterocycles. The summed E-state index contributed by atoms with van der Waals surface area (Å²) < 4.78 is 11.8. The van der Waals surface area contributed by atoms with Crippen LogP contribution in [-0.4, -0.2) is 11.9 Å². The van der Waals surface area contributed by atoms with E-state index in [1.54, 1.807) is 0 Å². The predicted octanol–water partition coefficient (Wildman–Crippen LogP) is 6.19. The summed E-state index contributed by atoms with van der Waals surface area (Å²) in [6.07, 6.45) is 4.04. The lowest BCUT2D eigenvalue weighted by Gasteiger charge is -2.26. The molecule has 0 saturated carbocycles. The van der Waals surface area contributed by atoms with Crippen molar-refractivity contribution in [2.75, 3.05) is 0 Å². The number of esters is 2. The fraction of sp³-hybridized carbons (Fsp3) is 0.379. The van der Waals surface area contributed by atoms with Gasteiger partial charge in [0.2, 0.25) is 0 Å². The summed E-state index contributed by atoms with van der Waals surface area (Å²) in [7, 11) is 0. The van der Waals surface area contributed by atoms with Crippen LogP contribution in [0.5, 0.6) is 11.5 Å². The maximum absolute atomic E-state index is 13.5. The fourth-order valence-electron chi connectivity index (χ4n) is 5.18. The Balaban J connectivity index is 1.73. The summed E-state index contributed by atoms with van der Waals surface area (Å²) >= 11 is 0. The molecule has 0 aliphatic heterocycles. The number of aryl methyl sites for hydroxylation is 4. The van der Waals surface area contributed by atoms with Crippen molar-refractivity contribution in [3.8, 4) is 11.5 Å². The highest BCUT2D eigenvalue weighted by Gasteiger charge is 2.55. The van der Waals surface area contributed by atoms with Crippen molar-refractivity contribution in [3.63, 3.8) is 0 Å². The third-order valence-electron chi connectivity index (χ3n) is 7.38. The molecule has 2 aliphatic carbocycles. The van der Waals surface area contributed by atoms with E-state index in [1.165, 1.54) is 0 Å². The molecule has 0 radical (unpaired) electrons. The first kappa shape index (κ1) is 23.0. The van der Waals surface area contributed by atoms with Crippen molar-refractivity contribution in [2.45, 2.75) is 55.4 Å². The molecule has 2 aromatic rings. The molecule has 0 spiro atoms. The van der Waals surface area contributed by atoms with Gasteiger partial charge in [0.15, 0.2) is 0 Å². The first-order chi connectivity index (χ1) is 15.4. The van der Waals surface area contributed by atoms with Crippen molar-refractivity contribution in [1.29, 1.82) is 0 Å². The maximum atomic E-state index is 13.5. The average Bonchev–Trinajstić information content (AvgIpc) is 3.14. The number of hydrogen-bond acceptors (Lipinski definition) is 4. The van der Waals surface area contributed by atoms with E-state index in [-0.39, 0.29) is 17.3 Å². The Morgan fingerprint density at radius 3 is 1.39 bits per heavy atom. The van der Waals surface area contributed by atoms with Crippen LogP contribution in [0.25, 0.3) is 0 Å². The van der Waals surface area contributed by atoms with Crippen molar-refractivity contribution >= 4 is 11.9 Å². The molecule has 0 saturated heterocycles. The van der Waals surface area contributed by atoms with Crippen molar-refractivity contribution < 1.29 is 19.1 Å².